The Balaban J connectivity index is 1.70. The number of hydrogen-bond donors (Lipinski definition) is 2. The summed E-state index contributed by atoms with van der Waals surface area (Å²) in [5.74, 6) is -0.0266. The van der Waals surface area contributed by atoms with Gasteiger partial charge in [0.2, 0.25) is 0 Å². The summed E-state index contributed by atoms with van der Waals surface area (Å²) in [7, 11) is 1.49. The fourth-order valence-electron chi connectivity index (χ4n) is 8.43. The van der Waals surface area contributed by atoms with Crippen LogP contribution in [0.5, 0.6) is 0 Å². The SMILES string of the molecule is COC(=O)[C@]1(C)CCC[C@@]2(C)[C@@H]3C[C@H]4CC[C@@]3(CC[C@@H]21)[C@H](O)[C@H]4CC(=O)O. The molecule has 5 fully saturated rings. The quantitative estimate of drug-likeness (QED) is 0.733. The molecule has 1 spiro atoms. The van der Waals surface area contributed by atoms with Crippen LogP contribution < -0.4 is 0 Å². The Hall–Kier alpha value is -1.10. The molecule has 0 heterocycles. The Labute approximate surface area is 161 Å². The molecule has 0 radical (unpaired) electrons. The monoisotopic (exact) mass is 378 g/mol. The van der Waals surface area contributed by atoms with Crippen LogP contribution in [0.15, 0.2) is 0 Å². The molecule has 0 aromatic heterocycles. The minimum Gasteiger partial charge on any atom is -0.481 e. The predicted molar refractivity (Wildman–Crippen MR) is 99.8 cm³/mol. The van der Waals surface area contributed by atoms with E-state index >= 15 is 0 Å². The molecule has 0 aromatic rings. The lowest BCUT2D eigenvalue weighted by Gasteiger charge is -2.69. The van der Waals surface area contributed by atoms with Crippen LogP contribution in [0.25, 0.3) is 0 Å². The summed E-state index contributed by atoms with van der Waals surface area (Å²) < 4.78 is 5.21. The number of aliphatic hydroxyl groups is 1. The van der Waals surface area contributed by atoms with E-state index in [2.05, 4.69) is 13.8 Å². The van der Waals surface area contributed by atoms with Gasteiger partial charge in [-0.25, -0.2) is 0 Å². The molecule has 5 aliphatic rings. The lowest BCUT2D eigenvalue weighted by Crippen LogP contribution is -2.67. The molecular formula is C22H34O5. The number of carbonyl (C=O) groups is 2. The van der Waals surface area contributed by atoms with E-state index in [0.29, 0.717) is 11.8 Å². The number of carboxylic acid groups (broad SMARTS) is 1. The molecule has 5 nitrogen and oxygen atoms in total. The van der Waals surface area contributed by atoms with Crippen molar-refractivity contribution in [1.29, 1.82) is 0 Å². The Morgan fingerprint density at radius 2 is 1.78 bits per heavy atom. The first-order chi connectivity index (χ1) is 12.7. The number of rotatable bonds is 3. The van der Waals surface area contributed by atoms with Gasteiger partial charge in [-0.15, -0.1) is 0 Å². The normalized spacial score (nSPS) is 51.2. The number of fused-ring (bicyclic) bond motifs is 3. The van der Waals surface area contributed by atoms with Crippen LogP contribution in [0, 0.1) is 39.9 Å². The van der Waals surface area contributed by atoms with E-state index in [9.17, 15) is 19.8 Å². The molecule has 0 amide bonds. The van der Waals surface area contributed by atoms with Crippen LogP contribution in [0.4, 0.5) is 0 Å². The molecule has 152 valence electrons. The number of ether oxygens (including phenoxy) is 1. The van der Waals surface area contributed by atoms with E-state index in [0.717, 1.165) is 51.4 Å². The van der Waals surface area contributed by atoms with Gasteiger partial charge < -0.3 is 14.9 Å². The number of carboxylic acids is 1. The molecule has 5 rings (SSSR count). The number of esters is 1. The molecule has 0 saturated heterocycles. The van der Waals surface area contributed by atoms with Crippen molar-refractivity contribution in [2.75, 3.05) is 7.11 Å². The number of carbonyl (C=O) groups excluding carboxylic acids is 1. The van der Waals surface area contributed by atoms with Crippen LogP contribution in [0.3, 0.4) is 0 Å². The van der Waals surface area contributed by atoms with E-state index in [1.54, 1.807) is 0 Å². The van der Waals surface area contributed by atoms with E-state index in [1.165, 1.54) is 7.11 Å². The van der Waals surface area contributed by atoms with Crippen molar-refractivity contribution in [3.8, 4) is 0 Å². The fourth-order valence-corrected chi connectivity index (χ4v) is 8.43. The Morgan fingerprint density at radius 1 is 1.07 bits per heavy atom. The average Bonchev–Trinajstić information content (AvgIpc) is 2.63. The summed E-state index contributed by atoms with van der Waals surface area (Å²) in [6.07, 6.45) is 7.47. The van der Waals surface area contributed by atoms with Gasteiger partial charge in [0.1, 0.15) is 0 Å². The number of methoxy groups -OCH3 is 1. The second-order valence-corrected chi connectivity index (χ2v) is 10.4. The molecule has 0 aliphatic heterocycles. The van der Waals surface area contributed by atoms with E-state index in [-0.39, 0.29) is 35.1 Å². The van der Waals surface area contributed by atoms with Crippen molar-refractivity contribution in [3.63, 3.8) is 0 Å². The average molecular weight is 379 g/mol. The van der Waals surface area contributed by atoms with Crippen LogP contribution in [0.2, 0.25) is 0 Å². The van der Waals surface area contributed by atoms with Crippen molar-refractivity contribution in [1.82, 2.24) is 0 Å². The second kappa shape index (κ2) is 6.20. The molecule has 2 N–H and O–H groups in total. The minimum atomic E-state index is -0.796. The number of aliphatic carboxylic acids is 1. The van der Waals surface area contributed by atoms with Crippen molar-refractivity contribution in [3.05, 3.63) is 0 Å². The third kappa shape index (κ3) is 2.46. The topological polar surface area (TPSA) is 83.8 Å². The lowest BCUT2D eigenvalue weighted by molar-refractivity contribution is -0.246. The lowest BCUT2D eigenvalue weighted by atomic mass is 9.35. The maximum Gasteiger partial charge on any atom is 0.311 e. The van der Waals surface area contributed by atoms with Gasteiger partial charge in [0.25, 0.3) is 0 Å². The smallest absolute Gasteiger partial charge is 0.311 e. The molecule has 0 aromatic carbocycles. The highest BCUT2D eigenvalue weighted by Gasteiger charge is 2.68. The first kappa shape index (κ1) is 19.2. The standard InChI is InChI=1S/C22H34O5/c1-20-7-4-8-21(2,19(26)27-3)15(20)6-10-22-9-5-13(11-16(20)22)14(18(22)25)12-17(23)24/h13-16,18,25H,4-12H2,1-3H3,(H,23,24)/t13-,14+,15+,16+,18-,20-,21-,22+/m1/s1. The van der Waals surface area contributed by atoms with Crippen LogP contribution >= 0.6 is 0 Å². The van der Waals surface area contributed by atoms with Crippen LogP contribution in [0.1, 0.15) is 71.6 Å². The van der Waals surface area contributed by atoms with E-state index < -0.39 is 17.5 Å². The fraction of sp³-hybridized carbons (Fsp3) is 0.909. The minimum absolute atomic E-state index is 0.0211. The Kier molecular flexibility index (Phi) is 4.41. The molecule has 0 unspecified atom stereocenters. The molecule has 5 aliphatic carbocycles. The summed E-state index contributed by atoms with van der Waals surface area (Å²) >= 11 is 0. The van der Waals surface area contributed by atoms with E-state index in [1.807, 2.05) is 0 Å². The van der Waals surface area contributed by atoms with Crippen LogP contribution in [-0.2, 0) is 14.3 Å². The summed E-state index contributed by atoms with van der Waals surface area (Å²) in [6.45, 7) is 4.44. The summed E-state index contributed by atoms with van der Waals surface area (Å²) in [4.78, 5) is 24.1. The van der Waals surface area contributed by atoms with Gasteiger partial charge in [-0.2, -0.15) is 0 Å². The molecule has 5 heteroatoms. The van der Waals surface area contributed by atoms with Crippen LogP contribution in [-0.4, -0.2) is 35.4 Å². The molecule has 5 saturated carbocycles. The largest absolute Gasteiger partial charge is 0.481 e. The summed E-state index contributed by atoms with van der Waals surface area (Å²) in [5.41, 5.74) is -0.576. The summed E-state index contributed by atoms with van der Waals surface area (Å²) in [5, 5.41) is 20.7. The Morgan fingerprint density at radius 3 is 2.44 bits per heavy atom. The first-order valence-electron chi connectivity index (χ1n) is 10.7. The Bertz CT molecular complexity index is 647. The molecular weight excluding hydrogens is 344 g/mol. The molecule has 8 atom stereocenters. The predicted octanol–water partition coefficient (Wildman–Crippen LogP) is 3.63. The number of aliphatic hydroxyl groups excluding tert-OH is 1. The zero-order chi connectivity index (χ0) is 19.6. The summed E-state index contributed by atoms with van der Waals surface area (Å²) in [6, 6.07) is 0. The van der Waals surface area contributed by atoms with Gasteiger partial charge in [-0.1, -0.05) is 13.3 Å². The van der Waals surface area contributed by atoms with E-state index in [4.69, 9.17) is 4.74 Å². The van der Waals surface area contributed by atoms with Gasteiger partial charge >= 0.3 is 11.9 Å². The zero-order valence-corrected chi connectivity index (χ0v) is 16.9. The third-order valence-corrected chi connectivity index (χ3v) is 9.55. The van der Waals surface area contributed by atoms with Gasteiger partial charge in [0.05, 0.1) is 25.0 Å². The van der Waals surface area contributed by atoms with Gasteiger partial charge in [0, 0.05) is 0 Å². The second-order valence-electron chi connectivity index (χ2n) is 10.4. The number of hydrogen-bond acceptors (Lipinski definition) is 4. The van der Waals surface area contributed by atoms with Crippen molar-refractivity contribution in [2.45, 2.75) is 77.7 Å². The van der Waals surface area contributed by atoms with Crippen molar-refractivity contribution < 1.29 is 24.5 Å². The van der Waals surface area contributed by atoms with Crippen molar-refractivity contribution in [2.24, 2.45) is 39.9 Å². The van der Waals surface area contributed by atoms with Crippen molar-refractivity contribution >= 4 is 11.9 Å². The highest BCUT2D eigenvalue weighted by molar-refractivity contribution is 5.77. The maximum absolute atomic E-state index is 12.7. The molecule has 27 heavy (non-hydrogen) atoms. The van der Waals surface area contributed by atoms with Gasteiger partial charge in [0.15, 0.2) is 0 Å². The third-order valence-electron chi connectivity index (χ3n) is 9.55. The zero-order valence-electron chi connectivity index (χ0n) is 16.9. The highest BCUT2D eigenvalue weighted by atomic mass is 16.5. The first-order valence-corrected chi connectivity index (χ1v) is 10.7. The van der Waals surface area contributed by atoms with Gasteiger partial charge in [-0.3, -0.25) is 9.59 Å². The van der Waals surface area contributed by atoms with Gasteiger partial charge in [-0.05, 0) is 86.4 Å². The highest BCUT2D eigenvalue weighted by Crippen LogP contribution is 2.72. The maximum atomic E-state index is 12.7. The molecule has 2 bridgehead atoms.